The number of esters is 1. The van der Waals surface area contributed by atoms with Gasteiger partial charge in [0.15, 0.2) is 5.69 Å². The van der Waals surface area contributed by atoms with Gasteiger partial charge in [0.1, 0.15) is 11.0 Å². The lowest BCUT2D eigenvalue weighted by atomic mass is 10.1. The maximum absolute atomic E-state index is 13.5. The van der Waals surface area contributed by atoms with E-state index in [9.17, 15) is 14.0 Å². The topological polar surface area (TPSA) is 80.6 Å². The molecule has 11 heteroatoms. The minimum atomic E-state index is -0.529. The molecule has 0 radical (unpaired) electrons. The number of halogens is 3. The Balaban J connectivity index is 1.33. The van der Waals surface area contributed by atoms with Crippen LogP contribution in [0.2, 0.25) is 10.2 Å². The largest absolute Gasteiger partial charge is 0.461 e. The molecule has 3 heterocycles. The van der Waals surface area contributed by atoms with Crippen LogP contribution in [0.5, 0.6) is 0 Å². The Morgan fingerprint density at radius 3 is 2.28 bits per heavy atom. The van der Waals surface area contributed by atoms with Gasteiger partial charge in [-0.25, -0.2) is 18.9 Å². The van der Waals surface area contributed by atoms with Crippen molar-refractivity contribution in [1.29, 1.82) is 0 Å². The van der Waals surface area contributed by atoms with Crippen molar-refractivity contribution in [3.05, 3.63) is 94.1 Å². The van der Waals surface area contributed by atoms with Gasteiger partial charge in [-0.2, -0.15) is 5.10 Å². The zero-order valence-electron chi connectivity index (χ0n) is 21.0. The van der Waals surface area contributed by atoms with Crippen LogP contribution >= 0.6 is 23.2 Å². The molecule has 0 unspecified atom stereocenters. The van der Waals surface area contributed by atoms with Crippen molar-refractivity contribution in [3.8, 4) is 16.9 Å². The van der Waals surface area contributed by atoms with E-state index in [1.54, 1.807) is 34.7 Å². The second-order valence-electron chi connectivity index (χ2n) is 8.84. The molecule has 0 atom stereocenters. The monoisotopic (exact) mass is 567 g/mol. The normalized spacial score (nSPS) is 13.4. The van der Waals surface area contributed by atoms with E-state index in [2.05, 4.69) is 15.0 Å². The highest BCUT2D eigenvalue weighted by molar-refractivity contribution is 6.34. The summed E-state index contributed by atoms with van der Waals surface area (Å²) in [5.41, 5.74) is 3.55. The number of amides is 1. The molecule has 1 aliphatic heterocycles. The van der Waals surface area contributed by atoms with Gasteiger partial charge in [-0.15, -0.1) is 0 Å². The number of nitrogens with zero attached hydrogens (tertiary/aromatic N) is 5. The van der Waals surface area contributed by atoms with E-state index < -0.39 is 5.97 Å². The standard InChI is InChI=1S/C28H24Cl2FN5O3/c1-2-39-28(38)24-16-25(36(33-24)22-9-5-20(31)6-10-22)18-3-7-21(8-4-18)34-11-13-35(14-12-34)27(37)23-15-19(29)17-32-26(23)30/h3-10,15-17H,2,11-14H2,1H3. The summed E-state index contributed by atoms with van der Waals surface area (Å²) >= 11 is 12.1. The summed E-state index contributed by atoms with van der Waals surface area (Å²) in [5.74, 6) is -1.09. The van der Waals surface area contributed by atoms with Crippen molar-refractivity contribution < 1.29 is 18.7 Å². The highest BCUT2D eigenvalue weighted by atomic mass is 35.5. The molecule has 8 nitrogen and oxygen atoms in total. The van der Waals surface area contributed by atoms with Crippen molar-refractivity contribution in [2.75, 3.05) is 37.7 Å². The molecule has 2 aromatic heterocycles. The second-order valence-corrected chi connectivity index (χ2v) is 9.64. The number of carbonyl (C=O) groups excluding carboxylic acids is 2. The Morgan fingerprint density at radius 1 is 0.949 bits per heavy atom. The highest BCUT2D eigenvalue weighted by Gasteiger charge is 2.25. The predicted octanol–water partition coefficient (Wildman–Crippen LogP) is 5.52. The lowest BCUT2D eigenvalue weighted by Crippen LogP contribution is -2.48. The minimum Gasteiger partial charge on any atom is -0.461 e. The number of anilines is 1. The molecule has 5 rings (SSSR count). The maximum atomic E-state index is 13.5. The summed E-state index contributed by atoms with van der Waals surface area (Å²) in [6.45, 7) is 4.27. The number of benzene rings is 2. The molecule has 1 fully saturated rings. The summed E-state index contributed by atoms with van der Waals surface area (Å²) < 4.78 is 20.2. The molecule has 1 saturated heterocycles. The van der Waals surface area contributed by atoms with Crippen LogP contribution in [-0.2, 0) is 4.74 Å². The van der Waals surface area contributed by atoms with Crippen LogP contribution in [0.25, 0.3) is 16.9 Å². The Labute approximate surface area is 234 Å². The van der Waals surface area contributed by atoms with Crippen molar-refractivity contribution >= 4 is 40.8 Å². The molecular weight excluding hydrogens is 544 g/mol. The van der Waals surface area contributed by atoms with E-state index in [0.29, 0.717) is 48.1 Å². The molecule has 1 amide bonds. The highest BCUT2D eigenvalue weighted by Crippen LogP contribution is 2.28. The van der Waals surface area contributed by atoms with E-state index in [1.807, 2.05) is 24.3 Å². The number of ether oxygens (including phenoxy) is 1. The van der Waals surface area contributed by atoms with Gasteiger partial charge in [0.25, 0.3) is 5.91 Å². The summed E-state index contributed by atoms with van der Waals surface area (Å²) in [7, 11) is 0. The number of hydrogen-bond donors (Lipinski definition) is 0. The molecule has 1 aliphatic rings. The number of rotatable bonds is 6. The average molecular weight is 568 g/mol. The Morgan fingerprint density at radius 2 is 1.62 bits per heavy atom. The van der Waals surface area contributed by atoms with Crippen molar-refractivity contribution in [3.63, 3.8) is 0 Å². The third-order valence-electron chi connectivity index (χ3n) is 6.40. The lowest BCUT2D eigenvalue weighted by molar-refractivity contribution is 0.0518. The Bertz CT molecular complexity index is 1500. The van der Waals surface area contributed by atoms with Crippen molar-refractivity contribution in [2.24, 2.45) is 0 Å². The SMILES string of the molecule is CCOC(=O)c1cc(-c2ccc(N3CCN(C(=O)c4cc(Cl)cnc4Cl)CC3)cc2)n(-c2ccc(F)cc2)n1. The molecule has 2 aromatic carbocycles. The summed E-state index contributed by atoms with van der Waals surface area (Å²) in [6.07, 6.45) is 1.41. The van der Waals surface area contributed by atoms with Crippen molar-refractivity contribution in [1.82, 2.24) is 19.7 Å². The number of aromatic nitrogens is 3. The Hall–Kier alpha value is -3.95. The third-order valence-corrected chi connectivity index (χ3v) is 6.90. The fourth-order valence-corrected chi connectivity index (χ4v) is 4.77. The molecule has 39 heavy (non-hydrogen) atoms. The quantitative estimate of drug-likeness (QED) is 0.225. The van der Waals surface area contributed by atoms with Gasteiger partial charge in [-0.3, -0.25) is 4.79 Å². The lowest BCUT2D eigenvalue weighted by Gasteiger charge is -2.36. The first-order valence-corrected chi connectivity index (χ1v) is 13.1. The van der Waals surface area contributed by atoms with Gasteiger partial charge in [-0.05, 0) is 55.5 Å². The summed E-state index contributed by atoms with van der Waals surface area (Å²) in [4.78, 5) is 33.2. The van der Waals surface area contributed by atoms with E-state index in [-0.39, 0.29) is 29.2 Å². The number of carbonyl (C=O) groups is 2. The molecule has 0 spiro atoms. The van der Waals surface area contributed by atoms with E-state index >= 15 is 0 Å². The van der Waals surface area contributed by atoms with Crippen LogP contribution in [0.3, 0.4) is 0 Å². The first kappa shape index (κ1) is 26.6. The van der Waals surface area contributed by atoms with Gasteiger partial charge in [0, 0.05) is 43.6 Å². The van der Waals surface area contributed by atoms with Crippen LogP contribution in [0.1, 0.15) is 27.8 Å². The first-order valence-electron chi connectivity index (χ1n) is 12.3. The van der Waals surface area contributed by atoms with Gasteiger partial charge < -0.3 is 14.5 Å². The second kappa shape index (κ2) is 11.4. The number of pyridine rings is 1. The number of piperazine rings is 1. The fraction of sp³-hybridized carbons (Fsp3) is 0.214. The first-order chi connectivity index (χ1) is 18.8. The predicted molar refractivity (Wildman–Crippen MR) is 147 cm³/mol. The molecule has 4 aromatic rings. The molecule has 0 N–H and O–H groups in total. The third kappa shape index (κ3) is 5.74. The van der Waals surface area contributed by atoms with Crippen LogP contribution in [0.4, 0.5) is 10.1 Å². The Kier molecular flexibility index (Phi) is 7.81. The molecule has 0 aliphatic carbocycles. The zero-order valence-corrected chi connectivity index (χ0v) is 22.5. The van der Waals surface area contributed by atoms with Gasteiger partial charge in [0.05, 0.1) is 28.6 Å². The van der Waals surface area contributed by atoms with Gasteiger partial charge in [-0.1, -0.05) is 35.3 Å². The minimum absolute atomic E-state index is 0.133. The van der Waals surface area contributed by atoms with E-state index in [4.69, 9.17) is 27.9 Å². The van der Waals surface area contributed by atoms with Crippen LogP contribution in [0, 0.1) is 5.82 Å². The number of hydrogen-bond acceptors (Lipinski definition) is 6. The van der Waals surface area contributed by atoms with Crippen LogP contribution < -0.4 is 4.90 Å². The smallest absolute Gasteiger partial charge is 0.358 e. The van der Waals surface area contributed by atoms with E-state index in [0.717, 1.165) is 11.3 Å². The summed E-state index contributed by atoms with van der Waals surface area (Å²) in [5, 5.41) is 4.92. The van der Waals surface area contributed by atoms with Crippen LogP contribution in [-0.4, -0.2) is 64.3 Å². The van der Waals surface area contributed by atoms with Gasteiger partial charge >= 0.3 is 5.97 Å². The molecule has 0 saturated carbocycles. The average Bonchev–Trinajstić information content (AvgIpc) is 3.40. The molecular formula is C28H24Cl2FN5O3. The molecule has 0 bridgehead atoms. The van der Waals surface area contributed by atoms with Gasteiger partial charge in [0.2, 0.25) is 0 Å². The summed E-state index contributed by atoms with van der Waals surface area (Å²) in [6, 6.07) is 16.9. The van der Waals surface area contributed by atoms with Crippen molar-refractivity contribution in [2.45, 2.75) is 6.92 Å². The van der Waals surface area contributed by atoms with E-state index in [1.165, 1.54) is 24.4 Å². The molecule has 200 valence electrons. The maximum Gasteiger partial charge on any atom is 0.358 e. The van der Waals surface area contributed by atoms with Crippen LogP contribution in [0.15, 0.2) is 66.9 Å². The zero-order chi connectivity index (χ0) is 27.5. The fourth-order valence-electron chi connectivity index (χ4n) is 4.42.